The Morgan fingerprint density at radius 2 is 1.68 bits per heavy atom. The van der Waals surface area contributed by atoms with Crippen molar-refractivity contribution in [3.63, 3.8) is 0 Å². The largest absolute Gasteiger partial charge is 0.490 e. The van der Waals surface area contributed by atoms with Gasteiger partial charge in [-0.05, 0) is 37.8 Å². The van der Waals surface area contributed by atoms with Crippen molar-refractivity contribution in [1.82, 2.24) is 14.8 Å². The van der Waals surface area contributed by atoms with Crippen LogP contribution in [0.15, 0.2) is 24.5 Å². The quantitative estimate of drug-likeness (QED) is 0.721. The third-order valence-corrected chi connectivity index (χ3v) is 6.57. The van der Waals surface area contributed by atoms with Gasteiger partial charge >= 0.3 is 0 Å². The van der Waals surface area contributed by atoms with Crippen molar-refractivity contribution in [2.24, 2.45) is 11.7 Å². The zero-order valence-corrected chi connectivity index (χ0v) is 19.7. The van der Waals surface area contributed by atoms with Crippen molar-refractivity contribution in [1.29, 1.82) is 0 Å². The minimum atomic E-state index is 0. The fraction of sp³-hybridized carbons (Fsp3) is 0.727. The van der Waals surface area contributed by atoms with Gasteiger partial charge in [-0.15, -0.1) is 24.8 Å². The van der Waals surface area contributed by atoms with E-state index in [1.165, 1.54) is 0 Å². The van der Waals surface area contributed by atoms with Crippen LogP contribution in [0, 0.1) is 5.92 Å². The third-order valence-electron chi connectivity index (χ3n) is 6.57. The lowest BCUT2D eigenvalue weighted by atomic mass is 9.98. The van der Waals surface area contributed by atoms with Crippen molar-refractivity contribution in [3.05, 3.63) is 24.5 Å². The summed E-state index contributed by atoms with van der Waals surface area (Å²) in [5.41, 5.74) is 6.35. The van der Waals surface area contributed by atoms with Gasteiger partial charge in [0.2, 0.25) is 5.91 Å². The molecule has 1 aromatic heterocycles. The predicted molar refractivity (Wildman–Crippen MR) is 125 cm³/mol. The lowest BCUT2D eigenvalue weighted by Gasteiger charge is -2.37. The number of nitrogens with two attached hydrogens (primary N) is 1. The Balaban J connectivity index is 0.00000171. The number of carbonyl (C=O) groups excluding carboxylic acids is 1. The summed E-state index contributed by atoms with van der Waals surface area (Å²) < 4.78 is 11.6. The van der Waals surface area contributed by atoms with Crippen LogP contribution in [0.3, 0.4) is 0 Å². The zero-order valence-electron chi connectivity index (χ0n) is 18.1. The molecular weight excluding hydrogens is 439 g/mol. The maximum absolute atomic E-state index is 13.3. The van der Waals surface area contributed by atoms with Crippen molar-refractivity contribution in [2.75, 3.05) is 39.4 Å². The molecule has 2 N–H and O–H groups in total. The van der Waals surface area contributed by atoms with Gasteiger partial charge in [0, 0.05) is 76.7 Å². The first-order chi connectivity index (χ1) is 14.2. The molecule has 176 valence electrons. The van der Waals surface area contributed by atoms with Crippen LogP contribution < -0.4 is 10.5 Å². The molecule has 31 heavy (non-hydrogen) atoms. The molecule has 0 aromatic carbocycles. The Morgan fingerprint density at radius 3 is 2.35 bits per heavy atom. The maximum Gasteiger partial charge on any atom is 0.226 e. The molecule has 3 aliphatic heterocycles. The molecule has 0 spiro atoms. The van der Waals surface area contributed by atoms with Gasteiger partial charge in [0.25, 0.3) is 0 Å². The molecule has 1 amide bonds. The van der Waals surface area contributed by atoms with Crippen LogP contribution in [0.5, 0.6) is 5.75 Å². The molecule has 4 heterocycles. The van der Waals surface area contributed by atoms with Crippen LogP contribution in [0.25, 0.3) is 0 Å². The van der Waals surface area contributed by atoms with E-state index in [1.54, 1.807) is 12.4 Å². The average molecular weight is 475 g/mol. The molecule has 0 bridgehead atoms. The van der Waals surface area contributed by atoms with Gasteiger partial charge in [0.05, 0.1) is 5.92 Å². The van der Waals surface area contributed by atoms with Crippen LogP contribution in [0.4, 0.5) is 0 Å². The highest BCUT2D eigenvalue weighted by Crippen LogP contribution is 2.26. The van der Waals surface area contributed by atoms with Crippen LogP contribution in [-0.4, -0.2) is 78.3 Å². The highest BCUT2D eigenvalue weighted by Gasteiger charge is 2.34. The number of piperidine rings is 1. The number of halogens is 2. The molecule has 3 saturated heterocycles. The standard InChI is InChI=1S/C22H34N4O3.2ClH/c23-18-2-1-17(15-26(16-18)19-7-13-28-14-8-19)22(27)25-11-5-21(6-12-25)29-20-3-9-24-10-4-20;;/h3-4,9-10,17-19,21H,1-2,5-8,11-16,23H2;2*1H/t17-,18+;;/m1../s1. The Bertz CT molecular complexity index is 655. The van der Waals surface area contributed by atoms with Gasteiger partial charge in [-0.25, -0.2) is 0 Å². The summed E-state index contributed by atoms with van der Waals surface area (Å²) in [6, 6.07) is 4.44. The second-order valence-electron chi connectivity index (χ2n) is 8.66. The van der Waals surface area contributed by atoms with Gasteiger partial charge in [-0.3, -0.25) is 14.7 Å². The number of hydrogen-bond donors (Lipinski definition) is 1. The van der Waals surface area contributed by atoms with Crippen molar-refractivity contribution < 1.29 is 14.3 Å². The van der Waals surface area contributed by atoms with Gasteiger partial charge in [0.1, 0.15) is 11.9 Å². The minimum absolute atomic E-state index is 0. The summed E-state index contributed by atoms with van der Waals surface area (Å²) >= 11 is 0. The number of nitrogens with zero attached hydrogens (tertiary/aromatic N) is 3. The van der Waals surface area contributed by atoms with Crippen LogP contribution in [0.1, 0.15) is 38.5 Å². The number of ether oxygens (including phenoxy) is 2. The van der Waals surface area contributed by atoms with Crippen LogP contribution >= 0.6 is 24.8 Å². The SMILES string of the molecule is Cl.Cl.N[C@H]1CC[C@@H](C(=O)N2CCC(Oc3ccncc3)CC2)CN(C2CCOCC2)C1. The van der Waals surface area contributed by atoms with E-state index < -0.39 is 0 Å². The van der Waals surface area contributed by atoms with Gasteiger partial charge in [0.15, 0.2) is 0 Å². The van der Waals surface area contributed by atoms with Crippen molar-refractivity contribution in [3.8, 4) is 5.75 Å². The topological polar surface area (TPSA) is 80.9 Å². The molecule has 0 radical (unpaired) electrons. The van der Waals surface area contributed by atoms with Gasteiger partial charge < -0.3 is 20.1 Å². The zero-order chi connectivity index (χ0) is 20.1. The average Bonchev–Trinajstić information content (AvgIpc) is 2.97. The van der Waals surface area contributed by atoms with Crippen molar-refractivity contribution in [2.45, 2.75) is 56.7 Å². The molecule has 3 aliphatic rings. The van der Waals surface area contributed by atoms with Crippen LogP contribution in [0.2, 0.25) is 0 Å². The number of carbonyl (C=O) groups is 1. The highest BCUT2D eigenvalue weighted by molar-refractivity contribution is 5.85. The fourth-order valence-electron chi connectivity index (χ4n) is 4.87. The summed E-state index contributed by atoms with van der Waals surface area (Å²) in [7, 11) is 0. The second-order valence-corrected chi connectivity index (χ2v) is 8.66. The van der Waals surface area contributed by atoms with Crippen LogP contribution in [-0.2, 0) is 9.53 Å². The molecule has 7 nitrogen and oxygen atoms in total. The van der Waals surface area contributed by atoms with E-state index in [0.29, 0.717) is 11.9 Å². The number of aromatic nitrogens is 1. The predicted octanol–water partition coefficient (Wildman–Crippen LogP) is 2.51. The Morgan fingerprint density at radius 1 is 1.00 bits per heavy atom. The Hall–Kier alpha value is -1.12. The summed E-state index contributed by atoms with van der Waals surface area (Å²) in [4.78, 5) is 21.8. The highest BCUT2D eigenvalue weighted by atomic mass is 35.5. The number of hydrogen-bond acceptors (Lipinski definition) is 6. The van der Waals surface area contributed by atoms with E-state index in [2.05, 4.69) is 14.8 Å². The minimum Gasteiger partial charge on any atom is -0.490 e. The van der Waals surface area contributed by atoms with E-state index >= 15 is 0 Å². The van der Waals surface area contributed by atoms with E-state index in [0.717, 1.165) is 83.7 Å². The summed E-state index contributed by atoms with van der Waals surface area (Å²) in [5, 5.41) is 0. The van der Waals surface area contributed by atoms with E-state index in [4.69, 9.17) is 15.2 Å². The number of amides is 1. The second kappa shape index (κ2) is 12.8. The first-order valence-corrected chi connectivity index (χ1v) is 11.1. The van der Waals surface area contributed by atoms with E-state index in [-0.39, 0.29) is 42.9 Å². The van der Waals surface area contributed by atoms with E-state index in [9.17, 15) is 4.79 Å². The lowest BCUT2D eigenvalue weighted by Crippen LogP contribution is -2.49. The van der Waals surface area contributed by atoms with E-state index in [1.807, 2.05) is 12.1 Å². The first-order valence-electron chi connectivity index (χ1n) is 11.1. The summed E-state index contributed by atoms with van der Waals surface area (Å²) in [6.45, 7) is 4.92. The van der Waals surface area contributed by atoms with Gasteiger partial charge in [-0.1, -0.05) is 0 Å². The first kappa shape index (κ1) is 26.1. The maximum atomic E-state index is 13.3. The summed E-state index contributed by atoms with van der Waals surface area (Å²) in [6.07, 6.45) is 9.34. The third kappa shape index (κ3) is 7.19. The number of rotatable bonds is 4. The normalized spacial score (nSPS) is 26.3. The number of likely N-dealkylation sites (tertiary alicyclic amines) is 2. The van der Waals surface area contributed by atoms with Gasteiger partial charge in [-0.2, -0.15) is 0 Å². The Kier molecular flexibility index (Phi) is 10.8. The molecule has 0 aliphatic carbocycles. The molecular formula is C22H36Cl2N4O3. The fourth-order valence-corrected chi connectivity index (χ4v) is 4.87. The number of pyridine rings is 1. The molecule has 1 aromatic rings. The molecule has 9 heteroatoms. The molecule has 3 fully saturated rings. The monoisotopic (exact) mass is 474 g/mol. The molecule has 0 unspecified atom stereocenters. The lowest BCUT2D eigenvalue weighted by molar-refractivity contribution is -0.138. The smallest absolute Gasteiger partial charge is 0.226 e. The molecule has 4 rings (SSSR count). The van der Waals surface area contributed by atoms with Crippen molar-refractivity contribution >= 4 is 30.7 Å². The Labute approximate surface area is 197 Å². The molecule has 0 saturated carbocycles. The molecule has 2 atom stereocenters. The summed E-state index contributed by atoms with van der Waals surface area (Å²) in [5.74, 6) is 1.22.